The van der Waals surface area contributed by atoms with Crippen LogP contribution in [0, 0.1) is 0 Å². The smallest absolute Gasteiger partial charge is 0.0463 e. The molecule has 0 N–H and O–H groups in total. The third kappa shape index (κ3) is 3.33. The van der Waals surface area contributed by atoms with E-state index in [2.05, 4.69) is 27.1 Å². The van der Waals surface area contributed by atoms with Gasteiger partial charge in [-0.3, -0.25) is 0 Å². The van der Waals surface area contributed by atoms with Gasteiger partial charge in [0.15, 0.2) is 0 Å². The monoisotopic (exact) mass is 282 g/mol. The number of hydrogen-bond donors (Lipinski definition) is 0. The molecule has 0 nitrogen and oxygen atoms in total. The molecule has 0 saturated heterocycles. The Balaban J connectivity index is 2.30. The van der Waals surface area contributed by atoms with Gasteiger partial charge in [-0.1, -0.05) is 27.1 Å². The Bertz CT molecular complexity index is 18.0. The zero-order valence-electron chi connectivity index (χ0n) is 2.17. The maximum Gasteiger partial charge on any atom is 0.0463 e. The summed E-state index contributed by atoms with van der Waals surface area (Å²) in [5.41, 5.74) is 0. The molecule has 4 heavy (non-hydrogen) atoms. The van der Waals surface area contributed by atoms with Gasteiger partial charge in [0.1, 0.15) is 0 Å². The molecule has 0 radical (unpaired) electrons. The summed E-state index contributed by atoms with van der Waals surface area (Å²) >= 11 is 2.68. The predicted molar refractivity (Wildman–Crippen MR) is 40.0 cm³/mol. The summed E-state index contributed by atoms with van der Waals surface area (Å²) in [6.45, 7) is 0. The van der Waals surface area contributed by atoms with Crippen molar-refractivity contribution in [2.24, 2.45) is 0 Å². The zero-order valence-corrected chi connectivity index (χ0v) is 6.49. The lowest BCUT2D eigenvalue weighted by atomic mass is 12.0. The molecule has 0 saturated carbocycles. The van der Waals surface area contributed by atoms with E-state index in [0.717, 1.165) is 0 Å². The summed E-state index contributed by atoms with van der Waals surface area (Å²) in [5.74, 6) is 0. The van der Waals surface area contributed by atoms with Gasteiger partial charge in [0, 0.05) is 2.43 Å². The minimum absolute atomic E-state index is 0.347. The number of hydrogen-bond acceptors (Lipinski definition) is 0. The van der Waals surface area contributed by atoms with E-state index < -0.39 is 0 Å². The number of halogens is 2. The van der Waals surface area contributed by atoms with E-state index in [1.807, 2.05) is 0 Å². The van der Waals surface area contributed by atoms with Crippen LogP contribution in [0.1, 0.15) is 0 Å². The fraction of sp³-hybridized carbons (Fsp3) is 0.500. The van der Waals surface area contributed by atoms with Crippen molar-refractivity contribution in [3.63, 3.8) is 0 Å². The lowest BCUT2D eigenvalue weighted by Gasteiger charge is -1.55. The molecule has 0 fully saturated rings. The van der Waals surface area contributed by atoms with Crippen LogP contribution in [0.4, 0.5) is 0 Å². The Morgan fingerprint density at radius 1 is 2.00 bits per heavy atom. The van der Waals surface area contributed by atoms with E-state index in [-0.39, 0.29) is 0 Å². The molecule has 0 bridgehead atoms. The molecule has 0 aliphatic heterocycles. The Morgan fingerprint density at radius 2 is 2.25 bits per heavy atom. The Hall–Kier alpha value is 1.33. The number of rotatable bonds is 1. The van der Waals surface area contributed by atoms with Crippen LogP contribution < -0.4 is 0 Å². The first-order chi connectivity index (χ1) is 1.91. The second-order valence-electron chi connectivity index (χ2n) is 0.290. The molecule has 0 spiro atoms. The first-order valence-electron chi connectivity index (χ1n) is 0.802. The van der Waals surface area contributed by atoms with Crippen LogP contribution in [-0.4, -0.2) is 6.95 Å². The van der Waals surface area contributed by atoms with Gasteiger partial charge in [0.05, 0.1) is 0 Å². The Kier molecular flexibility index (Phi) is 5.77. The lowest BCUT2D eigenvalue weighted by molar-refractivity contribution is 2.58. The first kappa shape index (κ1) is 5.33. The molecule has 0 aliphatic carbocycles. The summed E-state index contributed by atoms with van der Waals surface area (Å²) < 4.78 is 5.00. The van der Waals surface area contributed by atoms with Gasteiger partial charge in [-0.05, 0) is 0 Å². The molecular formula is C2H4I2. The van der Waals surface area contributed by atoms with Crippen LogP contribution >= 0.6 is 43.3 Å². The molecule has 0 atom stereocenters. The van der Waals surface area contributed by atoms with Crippen molar-refractivity contribution in [3.05, 3.63) is 0 Å². The molecule has 0 amide bonds. The molecule has 0 aromatic heterocycles. The van der Waals surface area contributed by atoms with Crippen molar-refractivity contribution in [1.29, 1.82) is 0 Å². The Morgan fingerprint density at radius 3 is 2.25 bits per heavy atom. The maximum absolute atomic E-state index is 3.71. The quantitative estimate of drug-likeness (QED) is 0.508. The molecule has 2 heteroatoms. The summed E-state index contributed by atoms with van der Waals surface area (Å²) in [6, 6.07) is 0. The average Bonchev–Trinajstić information content (AvgIpc) is 1.37. The minimum atomic E-state index is 0.347. The summed E-state index contributed by atoms with van der Waals surface area (Å²) in [6.07, 6.45) is 0. The van der Waals surface area contributed by atoms with Crippen LogP contribution in [0.2, 0.25) is 0 Å². The van der Waals surface area contributed by atoms with Crippen molar-refractivity contribution in [1.82, 2.24) is 0 Å². The SMILES string of the molecule is C=ICI. The largest absolute Gasteiger partial charge is 0.120 e. The second kappa shape index (κ2) is 4.33. The van der Waals surface area contributed by atoms with Gasteiger partial charge in [0.25, 0.3) is 0 Å². The first-order valence-corrected chi connectivity index (χ1v) is 5.38. The summed E-state index contributed by atoms with van der Waals surface area (Å²) in [5, 5.41) is 0. The lowest BCUT2D eigenvalue weighted by Crippen LogP contribution is -1.27. The highest BCUT2D eigenvalue weighted by molar-refractivity contribution is 14.2. The van der Waals surface area contributed by atoms with E-state index in [1.54, 1.807) is 0 Å². The van der Waals surface area contributed by atoms with Crippen LogP contribution in [0.5, 0.6) is 0 Å². The molecule has 0 unspecified atom stereocenters. The van der Waals surface area contributed by atoms with E-state index in [9.17, 15) is 0 Å². The average molecular weight is 282 g/mol. The van der Waals surface area contributed by atoms with Gasteiger partial charge in [-0.2, -0.15) is 0 Å². The summed E-state index contributed by atoms with van der Waals surface area (Å²) in [7, 11) is 0. The van der Waals surface area contributed by atoms with Crippen LogP contribution in [0.15, 0.2) is 0 Å². The predicted octanol–water partition coefficient (Wildman–Crippen LogP) is 1.78. The third-order valence-electron chi connectivity index (χ3n) is 0.0714. The van der Waals surface area contributed by atoms with Crippen molar-refractivity contribution in [2.45, 2.75) is 0 Å². The standard InChI is InChI=1S/C2H4I2/c1-4-2-3/h1-2H2. The van der Waals surface area contributed by atoms with Crippen molar-refractivity contribution < 1.29 is 0 Å². The van der Waals surface area contributed by atoms with Crippen molar-refractivity contribution >= 4 is 47.8 Å². The van der Waals surface area contributed by atoms with Crippen LogP contribution in [0.25, 0.3) is 0 Å². The highest BCUT2D eigenvalue weighted by atomic mass is 127. The molecule has 0 aromatic carbocycles. The topological polar surface area (TPSA) is 0 Å². The normalized spacial score (nSPS) is 7.25. The van der Waals surface area contributed by atoms with E-state index in [0.29, 0.717) is 20.7 Å². The number of alkyl halides is 2. The van der Waals surface area contributed by atoms with Gasteiger partial charge in [-0.15, -0.1) is 20.7 Å². The fourth-order valence-electron chi connectivity index (χ4n) is 0. The molecule has 26 valence electrons. The van der Waals surface area contributed by atoms with Crippen LogP contribution in [-0.2, 0) is 0 Å². The van der Waals surface area contributed by atoms with E-state index >= 15 is 0 Å². The van der Waals surface area contributed by atoms with Crippen LogP contribution in [0.3, 0.4) is 0 Å². The van der Waals surface area contributed by atoms with Crippen molar-refractivity contribution in [2.75, 3.05) is 2.43 Å². The Labute approximate surface area is 49.9 Å². The maximum atomic E-state index is 3.71. The molecule has 0 heterocycles. The zero-order chi connectivity index (χ0) is 3.41. The van der Waals surface area contributed by atoms with E-state index in [1.165, 1.54) is 2.43 Å². The fourth-order valence-corrected chi connectivity index (χ4v) is 0. The molecule has 0 aliphatic rings. The molecule has 0 aromatic rings. The molecule has 0 rings (SSSR count). The van der Waals surface area contributed by atoms with Gasteiger partial charge in [-0.25, -0.2) is 0 Å². The van der Waals surface area contributed by atoms with Gasteiger partial charge in [0.2, 0.25) is 0 Å². The highest BCUT2D eigenvalue weighted by Crippen LogP contribution is 1.94. The minimum Gasteiger partial charge on any atom is -0.120 e. The summed E-state index contributed by atoms with van der Waals surface area (Å²) in [4.78, 5) is 0. The van der Waals surface area contributed by atoms with E-state index in [4.69, 9.17) is 0 Å². The second-order valence-corrected chi connectivity index (χ2v) is 5.81. The highest BCUT2D eigenvalue weighted by Gasteiger charge is 1.48. The van der Waals surface area contributed by atoms with Gasteiger partial charge >= 0.3 is 0 Å². The van der Waals surface area contributed by atoms with Gasteiger partial charge < -0.3 is 0 Å². The molecular weight excluding hydrogens is 278 g/mol. The van der Waals surface area contributed by atoms with Crippen molar-refractivity contribution in [3.8, 4) is 0 Å². The third-order valence-corrected chi connectivity index (χ3v) is 3.21.